The lowest BCUT2D eigenvalue weighted by Gasteiger charge is -2.18. The van der Waals surface area contributed by atoms with Gasteiger partial charge < -0.3 is 16.0 Å². The average Bonchev–Trinajstić information content (AvgIpc) is 2.97. The first kappa shape index (κ1) is 13.1. The van der Waals surface area contributed by atoms with Gasteiger partial charge in [-0.25, -0.2) is 4.98 Å². The molecule has 1 aromatic carbocycles. The summed E-state index contributed by atoms with van der Waals surface area (Å²) >= 11 is 5.84. The summed E-state index contributed by atoms with van der Waals surface area (Å²) in [6.45, 7) is 2.30. The molecule has 0 radical (unpaired) electrons. The first-order valence-electron chi connectivity index (χ1n) is 6.75. The van der Waals surface area contributed by atoms with Gasteiger partial charge in [-0.1, -0.05) is 11.6 Å². The van der Waals surface area contributed by atoms with Crippen molar-refractivity contribution >= 4 is 34.5 Å². The van der Waals surface area contributed by atoms with E-state index in [1.165, 1.54) is 18.5 Å². The summed E-state index contributed by atoms with van der Waals surface area (Å²) in [5.41, 5.74) is 8.66. The van der Waals surface area contributed by atoms with Crippen molar-refractivity contribution in [2.45, 2.75) is 12.8 Å². The van der Waals surface area contributed by atoms with Gasteiger partial charge in [-0.15, -0.1) is 0 Å². The molecule has 0 saturated carbocycles. The lowest BCUT2D eigenvalue weighted by molar-refractivity contribution is 0.949. The van der Waals surface area contributed by atoms with Gasteiger partial charge in [-0.05, 0) is 43.2 Å². The molecular weight excluding hydrogens is 272 g/mol. The highest BCUT2D eigenvalue weighted by atomic mass is 35.5. The summed E-state index contributed by atoms with van der Waals surface area (Å²) in [7, 11) is 0. The summed E-state index contributed by atoms with van der Waals surface area (Å²) in [5, 5.41) is 3.74. The number of anilines is 4. The van der Waals surface area contributed by atoms with E-state index < -0.39 is 0 Å². The van der Waals surface area contributed by atoms with Crippen molar-refractivity contribution in [1.82, 2.24) is 4.98 Å². The van der Waals surface area contributed by atoms with Gasteiger partial charge >= 0.3 is 0 Å². The van der Waals surface area contributed by atoms with Crippen molar-refractivity contribution < 1.29 is 0 Å². The lowest BCUT2D eigenvalue weighted by atomic mass is 10.2. The maximum absolute atomic E-state index is 5.88. The van der Waals surface area contributed by atoms with Crippen LogP contribution >= 0.6 is 11.6 Å². The van der Waals surface area contributed by atoms with Crippen LogP contribution in [0.2, 0.25) is 5.02 Å². The van der Waals surface area contributed by atoms with Crippen molar-refractivity contribution in [3.63, 3.8) is 0 Å². The van der Waals surface area contributed by atoms with E-state index in [1.54, 1.807) is 12.3 Å². The second-order valence-electron chi connectivity index (χ2n) is 4.96. The third-order valence-electron chi connectivity index (χ3n) is 3.49. The second kappa shape index (κ2) is 5.59. The number of aromatic nitrogens is 1. The topological polar surface area (TPSA) is 54.2 Å². The van der Waals surface area contributed by atoms with Crippen molar-refractivity contribution in [2.24, 2.45) is 0 Å². The Bertz CT molecular complexity index is 591. The van der Waals surface area contributed by atoms with Crippen LogP contribution < -0.4 is 16.0 Å². The molecule has 5 heteroatoms. The quantitative estimate of drug-likeness (QED) is 0.905. The molecule has 2 heterocycles. The third-order valence-corrected chi connectivity index (χ3v) is 3.69. The first-order chi connectivity index (χ1) is 9.72. The highest BCUT2D eigenvalue weighted by molar-refractivity contribution is 6.30. The molecule has 2 aromatic rings. The van der Waals surface area contributed by atoms with Crippen LogP contribution in [0.3, 0.4) is 0 Å². The number of nitrogens with two attached hydrogens (primary N) is 1. The zero-order chi connectivity index (χ0) is 13.9. The molecule has 1 aromatic heterocycles. The number of pyridine rings is 1. The van der Waals surface area contributed by atoms with Crippen LogP contribution in [-0.2, 0) is 0 Å². The van der Waals surface area contributed by atoms with E-state index in [-0.39, 0.29) is 0 Å². The van der Waals surface area contributed by atoms with Crippen LogP contribution in [-0.4, -0.2) is 18.1 Å². The van der Waals surface area contributed by atoms with Gasteiger partial charge in [0.25, 0.3) is 0 Å². The summed E-state index contributed by atoms with van der Waals surface area (Å²) in [4.78, 5) is 6.60. The van der Waals surface area contributed by atoms with Gasteiger partial charge in [0.2, 0.25) is 0 Å². The number of nitrogens with zero attached hydrogens (tertiary/aromatic N) is 2. The Morgan fingerprint density at radius 2 is 1.85 bits per heavy atom. The normalized spacial score (nSPS) is 14.6. The van der Waals surface area contributed by atoms with Crippen LogP contribution in [0.15, 0.2) is 36.5 Å². The molecule has 0 bridgehead atoms. The van der Waals surface area contributed by atoms with Gasteiger partial charge in [0.15, 0.2) is 5.82 Å². The number of hydrogen-bond acceptors (Lipinski definition) is 4. The Balaban J connectivity index is 1.74. The predicted molar refractivity (Wildman–Crippen MR) is 84.8 cm³/mol. The Labute approximate surface area is 123 Å². The maximum Gasteiger partial charge on any atom is 0.153 e. The molecule has 0 unspecified atom stereocenters. The number of nitrogen functional groups attached to an aromatic ring is 1. The smallest absolute Gasteiger partial charge is 0.153 e. The fourth-order valence-electron chi connectivity index (χ4n) is 2.43. The van der Waals surface area contributed by atoms with Gasteiger partial charge in [-0.2, -0.15) is 0 Å². The number of hydrogen-bond donors (Lipinski definition) is 2. The van der Waals surface area contributed by atoms with Crippen molar-refractivity contribution in [1.29, 1.82) is 0 Å². The lowest BCUT2D eigenvalue weighted by Crippen LogP contribution is -2.17. The third kappa shape index (κ3) is 2.80. The summed E-state index contributed by atoms with van der Waals surface area (Å²) in [5.74, 6) is 0.628. The van der Waals surface area contributed by atoms with Crippen molar-refractivity contribution in [3.8, 4) is 0 Å². The van der Waals surface area contributed by atoms with Gasteiger partial charge in [0.05, 0.1) is 10.7 Å². The number of benzene rings is 1. The Morgan fingerprint density at radius 3 is 2.50 bits per heavy atom. The van der Waals surface area contributed by atoms with Crippen molar-refractivity contribution in [2.75, 3.05) is 29.0 Å². The minimum Gasteiger partial charge on any atom is -0.396 e. The van der Waals surface area contributed by atoms with E-state index in [0.29, 0.717) is 16.5 Å². The van der Waals surface area contributed by atoms with E-state index in [1.807, 2.05) is 12.1 Å². The van der Waals surface area contributed by atoms with E-state index in [4.69, 9.17) is 17.3 Å². The highest BCUT2D eigenvalue weighted by Gasteiger charge is 2.11. The first-order valence-corrected chi connectivity index (χ1v) is 7.13. The van der Waals surface area contributed by atoms with E-state index in [9.17, 15) is 0 Å². The fourth-order valence-corrected chi connectivity index (χ4v) is 2.59. The summed E-state index contributed by atoms with van der Waals surface area (Å²) in [6.07, 6.45) is 4.15. The van der Waals surface area contributed by atoms with Gasteiger partial charge in [-0.3, -0.25) is 0 Å². The zero-order valence-electron chi connectivity index (χ0n) is 11.1. The van der Waals surface area contributed by atoms with E-state index in [0.717, 1.165) is 18.8 Å². The summed E-state index contributed by atoms with van der Waals surface area (Å²) in [6, 6.07) is 10.0. The minimum absolute atomic E-state index is 0.539. The molecular formula is C15H17ClN4. The van der Waals surface area contributed by atoms with E-state index in [2.05, 4.69) is 27.3 Å². The van der Waals surface area contributed by atoms with E-state index >= 15 is 0 Å². The molecule has 104 valence electrons. The fraction of sp³-hybridized carbons (Fsp3) is 0.267. The number of halogens is 1. The molecule has 3 N–H and O–H groups in total. The molecule has 0 aliphatic carbocycles. The van der Waals surface area contributed by atoms with Crippen molar-refractivity contribution in [3.05, 3.63) is 41.6 Å². The number of nitrogens with one attached hydrogen (secondary N) is 1. The highest BCUT2D eigenvalue weighted by Crippen LogP contribution is 2.26. The molecule has 1 fully saturated rings. The van der Waals surface area contributed by atoms with Crippen LogP contribution in [0.1, 0.15) is 12.8 Å². The second-order valence-corrected chi connectivity index (χ2v) is 5.39. The monoisotopic (exact) mass is 288 g/mol. The molecule has 1 saturated heterocycles. The Morgan fingerprint density at radius 1 is 1.15 bits per heavy atom. The van der Waals surface area contributed by atoms with Crippen LogP contribution in [0.25, 0.3) is 0 Å². The van der Waals surface area contributed by atoms with Gasteiger partial charge in [0, 0.05) is 30.7 Å². The Hall–Kier alpha value is -1.94. The minimum atomic E-state index is 0.539. The number of rotatable bonds is 3. The van der Waals surface area contributed by atoms with Crippen LogP contribution in [0.5, 0.6) is 0 Å². The standard InChI is InChI=1S/C15H17ClN4/c16-11-9-14(17)15(18-10-11)19-12-3-5-13(6-4-12)20-7-1-2-8-20/h3-6,9-10H,1-2,7-8,17H2,(H,18,19). The average molecular weight is 289 g/mol. The summed E-state index contributed by atoms with van der Waals surface area (Å²) < 4.78 is 0. The Kier molecular flexibility index (Phi) is 3.65. The molecule has 3 rings (SSSR count). The van der Waals surface area contributed by atoms with Gasteiger partial charge in [0.1, 0.15) is 0 Å². The molecule has 20 heavy (non-hydrogen) atoms. The molecule has 1 aliphatic rings. The largest absolute Gasteiger partial charge is 0.396 e. The SMILES string of the molecule is Nc1cc(Cl)cnc1Nc1ccc(N2CCCC2)cc1. The zero-order valence-corrected chi connectivity index (χ0v) is 11.9. The molecule has 0 amide bonds. The molecule has 0 spiro atoms. The predicted octanol–water partition coefficient (Wildman–Crippen LogP) is 3.66. The van der Waals surface area contributed by atoms with Crippen LogP contribution in [0.4, 0.5) is 22.9 Å². The molecule has 1 aliphatic heterocycles. The molecule has 0 atom stereocenters. The maximum atomic E-state index is 5.88. The molecule has 4 nitrogen and oxygen atoms in total. The van der Waals surface area contributed by atoms with Crippen LogP contribution in [0, 0.1) is 0 Å².